The Morgan fingerprint density at radius 2 is 0.782 bits per heavy atom. The number of hydrogen-bond acceptors (Lipinski definition) is 9. The molecule has 274 valence electrons. The van der Waals surface area contributed by atoms with Gasteiger partial charge in [-0.2, -0.15) is 0 Å². The molecule has 55 heavy (non-hydrogen) atoms. The molecule has 0 amide bonds. The van der Waals surface area contributed by atoms with Crippen molar-refractivity contribution in [3.8, 4) is 33.4 Å². The Bertz CT molecular complexity index is 2240. The predicted molar refractivity (Wildman–Crippen MR) is 211 cm³/mol. The lowest BCUT2D eigenvalue weighted by Crippen LogP contribution is -2.42. The third kappa shape index (κ3) is 9.03. The van der Waals surface area contributed by atoms with Gasteiger partial charge in [0.05, 0.1) is 21.9 Å². The second-order valence-electron chi connectivity index (χ2n) is 12.8. The smallest absolute Gasteiger partial charge is 0.338 e. The Kier molecular flexibility index (Phi) is 11.5. The molecule has 0 saturated carbocycles. The summed E-state index contributed by atoms with van der Waals surface area (Å²) < 4.78 is 23.4. The zero-order valence-corrected chi connectivity index (χ0v) is 30.6. The van der Waals surface area contributed by atoms with Crippen molar-refractivity contribution in [1.82, 2.24) is 0 Å². The molecule has 8 nitrogen and oxygen atoms in total. The van der Waals surface area contributed by atoms with Crippen molar-refractivity contribution in [3.63, 3.8) is 0 Å². The molecular weight excluding hydrogens is 713 g/mol. The molecule has 0 aromatic heterocycles. The number of rotatable bonds is 11. The van der Waals surface area contributed by atoms with Gasteiger partial charge in [-0.15, -0.1) is 11.8 Å². The maximum absolute atomic E-state index is 13.7. The van der Waals surface area contributed by atoms with E-state index in [2.05, 4.69) is 0 Å². The van der Waals surface area contributed by atoms with Crippen molar-refractivity contribution in [3.05, 3.63) is 180 Å². The maximum atomic E-state index is 13.7. The second-order valence-corrected chi connectivity index (χ2v) is 14.2. The van der Waals surface area contributed by atoms with Gasteiger partial charge in [-0.25, -0.2) is 14.4 Å². The van der Waals surface area contributed by atoms with Crippen molar-refractivity contribution in [2.75, 3.05) is 6.61 Å². The molecule has 6 aromatic rings. The molecule has 0 aliphatic carbocycles. The van der Waals surface area contributed by atoms with Gasteiger partial charge >= 0.3 is 23.9 Å². The van der Waals surface area contributed by atoms with E-state index in [4.69, 9.17) is 18.9 Å². The minimum atomic E-state index is -1.23. The zero-order valence-electron chi connectivity index (χ0n) is 29.8. The van der Waals surface area contributed by atoms with Crippen LogP contribution in [-0.2, 0) is 23.7 Å². The van der Waals surface area contributed by atoms with Crippen LogP contribution in [0.3, 0.4) is 0 Å². The number of ether oxygens (including phenoxy) is 4. The van der Waals surface area contributed by atoms with Crippen LogP contribution in [0.25, 0.3) is 33.4 Å². The summed E-state index contributed by atoms with van der Waals surface area (Å²) in [7, 11) is 0. The maximum Gasteiger partial charge on any atom is 0.338 e. The van der Waals surface area contributed by atoms with Gasteiger partial charge in [0, 0.05) is 6.92 Å². The van der Waals surface area contributed by atoms with E-state index in [1.54, 1.807) is 36.4 Å². The lowest BCUT2D eigenvalue weighted by atomic mass is 10.0. The van der Waals surface area contributed by atoms with E-state index < -0.39 is 46.8 Å². The molecule has 1 saturated heterocycles. The van der Waals surface area contributed by atoms with E-state index >= 15 is 0 Å². The molecule has 1 unspecified atom stereocenters. The fraction of sp³-hybridized carbons (Fsp3) is 0.130. The van der Waals surface area contributed by atoms with E-state index in [1.807, 2.05) is 127 Å². The van der Waals surface area contributed by atoms with Crippen molar-refractivity contribution in [2.24, 2.45) is 0 Å². The number of hydrogen-bond donors (Lipinski definition) is 0. The molecule has 4 atom stereocenters. The van der Waals surface area contributed by atoms with Gasteiger partial charge < -0.3 is 18.9 Å². The number of thioether (sulfide) groups is 1. The Balaban J connectivity index is 1.12. The molecular formula is C46H36O8S. The van der Waals surface area contributed by atoms with E-state index in [0.29, 0.717) is 5.56 Å². The molecule has 1 aliphatic rings. The van der Waals surface area contributed by atoms with Crippen molar-refractivity contribution in [1.29, 1.82) is 0 Å². The first kappa shape index (κ1) is 36.9. The van der Waals surface area contributed by atoms with Crippen molar-refractivity contribution >= 4 is 35.6 Å². The summed E-state index contributed by atoms with van der Waals surface area (Å²) in [5.74, 6) is -2.60. The quantitative estimate of drug-likeness (QED) is 0.0947. The van der Waals surface area contributed by atoms with Gasteiger partial charge in [-0.05, 0) is 69.8 Å². The summed E-state index contributed by atoms with van der Waals surface area (Å²) >= 11 is 1.09. The van der Waals surface area contributed by atoms with Crippen LogP contribution in [0.2, 0.25) is 0 Å². The summed E-state index contributed by atoms with van der Waals surface area (Å²) in [6.45, 7) is 1.01. The van der Waals surface area contributed by atoms with E-state index in [1.165, 1.54) is 6.92 Å². The van der Waals surface area contributed by atoms with Crippen LogP contribution >= 0.6 is 11.8 Å². The number of carbonyl (C=O) groups excluding carboxylic acids is 4. The van der Waals surface area contributed by atoms with Crippen LogP contribution in [0.5, 0.6) is 0 Å². The molecule has 0 radical (unpaired) electrons. The van der Waals surface area contributed by atoms with Crippen molar-refractivity contribution < 1.29 is 38.1 Å². The monoisotopic (exact) mass is 748 g/mol. The summed E-state index contributed by atoms with van der Waals surface area (Å²) in [5.41, 5.74) is 5.52. The zero-order chi connectivity index (χ0) is 38.1. The summed E-state index contributed by atoms with van der Waals surface area (Å²) in [6, 6.07) is 50.1. The molecule has 9 heteroatoms. The summed E-state index contributed by atoms with van der Waals surface area (Å²) in [4.78, 5) is 52.9. The molecule has 6 aromatic carbocycles. The molecule has 7 rings (SSSR count). The summed E-state index contributed by atoms with van der Waals surface area (Å²) in [6.07, 6.45) is -2.38. The molecule has 1 fully saturated rings. The lowest BCUT2D eigenvalue weighted by Gasteiger charge is -2.25. The predicted octanol–water partition coefficient (Wildman–Crippen LogP) is 9.30. The molecule has 0 spiro atoms. The molecule has 0 N–H and O–H groups in total. The lowest BCUT2D eigenvalue weighted by molar-refractivity contribution is -0.148. The van der Waals surface area contributed by atoms with Gasteiger partial charge in [0.15, 0.2) is 17.6 Å². The molecule has 0 bridgehead atoms. The third-order valence-electron chi connectivity index (χ3n) is 9.10. The van der Waals surface area contributed by atoms with Gasteiger partial charge in [0.2, 0.25) is 0 Å². The Morgan fingerprint density at radius 3 is 1.16 bits per heavy atom. The fourth-order valence-corrected chi connectivity index (χ4v) is 7.68. The average molecular weight is 749 g/mol. The largest absolute Gasteiger partial charge is 0.461 e. The van der Waals surface area contributed by atoms with Gasteiger partial charge in [0.1, 0.15) is 6.61 Å². The highest BCUT2D eigenvalue weighted by Crippen LogP contribution is 2.40. The minimum absolute atomic E-state index is 0.230. The van der Waals surface area contributed by atoms with Crippen LogP contribution in [0, 0.1) is 0 Å². The highest BCUT2D eigenvalue weighted by Gasteiger charge is 2.51. The van der Waals surface area contributed by atoms with Crippen LogP contribution in [0.1, 0.15) is 38.0 Å². The van der Waals surface area contributed by atoms with Crippen LogP contribution < -0.4 is 0 Å². The van der Waals surface area contributed by atoms with Crippen LogP contribution in [-0.4, -0.2) is 53.4 Å². The standard InChI is InChI=1S/C46H36O8S/c1-30(47)52-46-42(54-45(50)39-27-21-36(22-28-39)33-15-9-4-10-16-33)41(53-44(49)38-25-19-35(20-26-38)32-13-7-3-8-14-32)40(55-46)29-51-43(48)37-23-17-34(18-24-37)31-11-5-2-6-12-31/h2-28,40-42,46H,29H2,1H3/t40-,41+,42-,46?/m1/s1. The fourth-order valence-electron chi connectivity index (χ4n) is 6.26. The molecule has 1 heterocycles. The number of benzene rings is 6. The van der Waals surface area contributed by atoms with Gasteiger partial charge in [0.25, 0.3) is 0 Å². The Morgan fingerprint density at radius 1 is 0.436 bits per heavy atom. The van der Waals surface area contributed by atoms with Crippen LogP contribution in [0.15, 0.2) is 164 Å². The number of carbonyl (C=O) groups is 4. The van der Waals surface area contributed by atoms with Gasteiger partial charge in [-0.3, -0.25) is 4.79 Å². The first-order chi connectivity index (χ1) is 26.8. The third-order valence-corrected chi connectivity index (χ3v) is 10.5. The van der Waals surface area contributed by atoms with Gasteiger partial charge in [-0.1, -0.05) is 127 Å². The number of esters is 4. The Hall–Kier alpha value is -6.45. The topological polar surface area (TPSA) is 105 Å². The minimum Gasteiger partial charge on any atom is -0.461 e. The first-order valence-corrected chi connectivity index (χ1v) is 18.6. The molecule has 1 aliphatic heterocycles. The highest BCUT2D eigenvalue weighted by molar-refractivity contribution is 8.00. The van der Waals surface area contributed by atoms with E-state index in [-0.39, 0.29) is 17.7 Å². The van der Waals surface area contributed by atoms with E-state index in [0.717, 1.165) is 45.1 Å². The second kappa shape index (κ2) is 17.1. The Labute approximate surface area is 323 Å². The first-order valence-electron chi connectivity index (χ1n) is 17.7. The van der Waals surface area contributed by atoms with E-state index in [9.17, 15) is 19.2 Å². The average Bonchev–Trinajstić information content (AvgIpc) is 3.54. The SMILES string of the molecule is CC(=O)OC1S[C@H](COC(=O)c2ccc(-c3ccccc3)cc2)[C@H](OC(=O)c2ccc(-c3ccccc3)cc2)[C@H]1OC(=O)c1ccc(-c2ccccc2)cc1. The van der Waals surface area contributed by atoms with Crippen molar-refractivity contribution in [2.45, 2.75) is 29.8 Å². The summed E-state index contributed by atoms with van der Waals surface area (Å²) in [5, 5.41) is -0.761. The highest BCUT2D eigenvalue weighted by atomic mass is 32.2. The normalized spacial score (nSPS) is 17.5. The van der Waals surface area contributed by atoms with Crippen LogP contribution in [0.4, 0.5) is 0 Å².